The summed E-state index contributed by atoms with van der Waals surface area (Å²) in [6.45, 7) is 2.80. The Hall–Kier alpha value is -8.58. The highest BCUT2D eigenvalue weighted by molar-refractivity contribution is 6.11. The fourth-order valence-corrected chi connectivity index (χ4v) is 7.93. The van der Waals surface area contributed by atoms with E-state index in [4.69, 9.17) is 28.4 Å². The third-order valence-corrected chi connectivity index (χ3v) is 11.8. The van der Waals surface area contributed by atoms with Crippen LogP contribution in [0.15, 0.2) is 194 Å². The molecule has 0 saturated heterocycles. The summed E-state index contributed by atoms with van der Waals surface area (Å²) in [5, 5.41) is 26.6. The van der Waals surface area contributed by atoms with Gasteiger partial charge in [-0.2, -0.15) is 0 Å². The summed E-state index contributed by atoms with van der Waals surface area (Å²) in [5.74, 6) is -0.612. The highest BCUT2D eigenvalue weighted by Gasteiger charge is 2.36. The summed E-state index contributed by atoms with van der Waals surface area (Å²) in [5.41, 5.74) is 5.08. The number of aliphatic hydroxyl groups excluding tert-OH is 2. The maximum absolute atomic E-state index is 15.3. The number of carbonyl (C=O) groups is 2. The van der Waals surface area contributed by atoms with Gasteiger partial charge in [-0.05, 0) is 59.4 Å². The van der Waals surface area contributed by atoms with Gasteiger partial charge < -0.3 is 49.3 Å². The molecule has 4 N–H and O–H groups in total. The molecule has 2 amide bonds. The minimum atomic E-state index is -0.716. The SMILES string of the molecule is C[C@H](CO)NC(=O)c1cc(OCc2ccccc2)c(OCc2ccccc2)c(OCc2ccccc2)c1-c1c(C(=O)N[C@H](C)CO)cc(OCc2ccccc2)c(OCc2ccccc2)c1OCc1ccccc1. The number of rotatable bonds is 25. The molecule has 74 heavy (non-hydrogen) atoms. The molecule has 0 bridgehead atoms. The fourth-order valence-electron chi connectivity index (χ4n) is 7.93. The summed E-state index contributed by atoms with van der Waals surface area (Å²) in [4.78, 5) is 30.5. The van der Waals surface area contributed by atoms with Crippen molar-refractivity contribution < 1.29 is 48.2 Å². The number of hydrogen-bond acceptors (Lipinski definition) is 10. The predicted octanol–water partition coefficient (Wildman–Crippen LogP) is 11.0. The second-order valence-corrected chi connectivity index (χ2v) is 17.7. The van der Waals surface area contributed by atoms with Crippen LogP contribution < -0.4 is 39.1 Å². The van der Waals surface area contributed by atoms with Crippen molar-refractivity contribution in [2.75, 3.05) is 13.2 Å². The van der Waals surface area contributed by atoms with Gasteiger partial charge >= 0.3 is 0 Å². The lowest BCUT2D eigenvalue weighted by atomic mass is 9.90. The van der Waals surface area contributed by atoms with Crippen LogP contribution in [0.3, 0.4) is 0 Å². The van der Waals surface area contributed by atoms with Crippen LogP contribution in [-0.4, -0.2) is 47.3 Å². The van der Waals surface area contributed by atoms with E-state index in [1.54, 1.807) is 26.0 Å². The lowest BCUT2D eigenvalue weighted by molar-refractivity contribution is 0.0912. The van der Waals surface area contributed by atoms with Gasteiger partial charge in [0.2, 0.25) is 11.5 Å². The van der Waals surface area contributed by atoms with E-state index < -0.39 is 23.9 Å². The summed E-state index contributed by atoms with van der Waals surface area (Å²) >= 11 is 0. The molecule has 0 aliphatic heterocycles. The normalized spacial score (nSPS) is 11.7. The van der Waals surface area contributed by atoms with Crippen LogP contribution in [0, 0.1) is 0 Å². The first-order valence-corrected chi connectivity index (χ1v) is 24.5. The van der Waals surface area contributed by atoms with Gasteiger partial charge in [0, 0.05) is 23.2 Å². The molecule has 8 rings (SSSR count). The van der Waals surface area contributed by atoms with E-state index in [0.29, 0.717) is 0 Å². The zero-order chi connectivity index (χ0) is 51.5. The molecule has 0 spiro atoms. The first-order chi connectivity index (χ1) is 36.3. The van der Waals surface area contributed by atoms with Crippen molar-refractivity contribution in [2.45, 2.75) is 65.6 Å². The molecule has 0 aliphatic rings. The highest BCUT2D eigenvalue weighted by atomic mass is 16.6. The molecule has 0 aliphatic carbocycles. The largest absolute Gasteiger partial charge is 0.485 e. The van der Waals surface area contributed by atoms with Crippen molar-refractivity contribution in [3.63, 3.8) is 0 Å². The molecular weight excluding hydrogens is 933 g/mol. The minimum Gasteiger partial charge on any atom is -0.485 e. The van der Waals surface area contributed by atoms with Gasteiger partial charge in [0.25, 0.3) is 11.8 Å². The quantitative estimate of drug-likeness (QED) is 0.0435. The monoisotopic (exact) mass is 992 g/mol. The van der Waals surface area contributed by atoms with Gasteiger partial charge in [0.05, 0.1) is 24.3 Å². The van der Waals surface area contributed by atoms with Crippen LogP contribution >= 0.6 is 0 Å². The Bertz CT molecular complexity index is 2830. The molecule has 0 heterocycles. The van der Waals surface area contributed by atoms with E-state index in [1.807, 2.05) is 182 Å². The van der Waals surface area contributed by atoms with Crippen molar-refractivity contribution in [1.29, 1.82) is 0 Å². The Kier molecular flexibility index (Phi) is 18.3. The summed E-state index contributed by atoms with van der Waals surface area (Å²) in [7, 11) is 0. The standard InChI is InChI=1S/C62H60N2O10/c1-43(35-65)63-61(67)51-33-53(69-37-45-21-9-3-10-22-45)57(71-39-47-25-13-5-14-26-47)59(73-41-49-29-17-7-18-30-49)55(51)56-52(62(68)64-44(2)36-66)34-54(70-38-46-23-11-4-12-24-46)58(72-40-48-27-15-6-16-28-48)60(56)74-42-50-31-19-8-20-32-50/h3-34,43-44,65-66H,35-42H2,1-2H3,(H,63,67)(H,64,68)/t43-,44-/m1/s1. The van der Waals surface area contributed by atoms with Crippen LogP contribution in [0.25, 0.3) is 11.1 Å². The molecule has 8 aromatic carbocycles. The third-order valence-electron chi connectivity index (χ3n) is 11.8. The lowest BCUT2D eigenvalue weighted by Gasteiger charge is -2.27. The Balaban J connectivity index is 1.49. The lowest BCUT2D eigenvalue weighted by Crippen LogP contribution is -2.36. The number of hydrogen-bond donors (Lipinski definition) is 4. The minimum absolute atomic E-state index is 0.00994. The van der Waals surface area contributed by atoms with Crippen LogP contribution in [0.2, 0.25) is 0 Å². The average molecular weight is 993 g/mol. The molecule has 12 heteroatoms. The summed E-state index contributed by atoms with van der Waals surface area (Å²) < 4.78 is 41.2. The Morgan fingerprint density at radius 3 is 0.838 bits per heavy atom. The third kappa shape index (κ3) is 13.9. The maximum atomic E-state index is 15.3. The zero-order valence-electron chi connectivity index (χ0n) is 41.4. The van der Waals surface area contributed by atoms with Gasteiger partial charge in [-0.3, -0.25) is 9.59 Å². The molecule has 0 unspecified atom stereocenters. The maximum Gasteiger partial charge on any atom is 0.252 e. The predicted molar refractivity (Wildman–Crippen MR) is 285 cm³/mol. The highest BCUT2D eigenvalue weighted by Crippen LogP contribution is 2.55. The van der Waals surface area contributed by atoms with E-state index in [0.717, 1.165) is 33.4 Å². The van der Waals surface area contributed by atoms with Crippen LogP contribution in [-0.2, 0) is 39.6 Å². The number of ether oxygens (including phenoxy) is 6. The van der Waals surface area contributed by atoms with Crippen LogP contribution in [0.1, 0.15) is 67.9 Å². The number of benzene rings is 8. The van der Waals surface area contributed by atoms with E-state index in [-0.39, 0.29) is 110 Å². The Morgan fingerprint density at radius 1 is 0.365 bits per heavy atom. The van der Waals surface area contributed by atoms with Crippen molar-refractivity contribution in [2.24, 2.45) is 0 Å². The number of amides is 2. The van der Waals surface area contributed by atoms with Crippen molar-refractivity contribution in [1.82, 2.24) is 10.6 Å². The van der Waals surface area contributed by atoms with E-state index in [9.17, 15) is 10.2 Å². The summed E-state index contributed by atoms with van der Waals surface area (Å²) in [6.07, 6.45) is 0. The Morgan fingerprint density at radius 2 is 0.595 bits per heavy atom. The second-order valence-electron chi connectivity index (χ2n) is 17.7. The van der Waals surface area contributed by atoms with Gasteiger partial charge in [0.1, 0.15) is 39.6 Å². The molecule has 12 nitrogen and oxygen atoms in total. The first kappa shape index (κ1) is 51.8. The molecular formula is C62H60N2O10. The molecule has 378 valence electrons. The van der Waals surface area contributed by atoms with Crippen LogP contribution in [0.5, 0.6) is 34.5 Å². The van der Waals surface area contributed by atoms with Gasteiger partial charge in [-0.15, -0.1) is 0 Å². The van der Waals surface area contributed by atoms with Gasteiger partial charge in [0.15, 0.2) is 23.0 Å². The van der Waals surface area contributed by atoms with Gasteiger partial charge in [-0.1, -0.05) is 182 Å². The van der Waals surface area contributed by atoms with Crippen molar-refractivity contribution in [3.8, 4) is 45.6 Å². The molecule has 0 saturated carbocycles. The number of nitrogens with one attached hydrogen (secondary N) is 2. The summed E-state index contributed by atoms with van der Waals surface area (Å²) in [6, 6.07) is 59.1. The molecule has 2 atom stereocenters. The second kappa shape index (κ2) is 26.2. The Labute approximate surface area is 432 Å². The smallest absolute Gasteiger partial charge is 0.252 e. The molecule has 0 aromatic heterocycles. The first-order valence-electron chi connectivity index (χ1n) is 24.5. The van der Waals surface area contributed by atoms with E-state index in [1.165, 1.54) is 0 Å². The molecule has 0 radical (unpaired) electrons. The zero-order valence-corrected chi connectivity index (χ0v) is 41.4. The topological polar surface area (TPSA) is 154 Å². The molecule has 0 fully saturated rings. The average Bonchev–Trinajstić information content (AvgIpc) is 3.45. The number of carbonyl (C=O) groups excluding carboxylic acids is 2. The van der Waals surface area contributed by atoms with Crippen molar-refractivity contribution in [3.05, 3.63) is 239 Å². The van der Waals surface area contributed by atoms with Gasteiger partial charge in [-0.25, -0.2) is 0 Å². The molecule has 8 aromatic rings. The van der Waals surface area contributed by atoms with Crippen molar-refractivity contribution >= 4 is 11.8 Å². The van der Waals surface area contributed by atoms with Crippen LogP contribution in [0.4, 0.5) is 0 Å². The van der Waals surface area contributed by atoms with E-state index >= 15 is 9.59 Å². The number of aliphatic hydroxyl groups is 2. The fraction of sp³-hybridized carbons (Fsp3) is 0.194. The van der Waals surface area contributed by atoms with E-state index in [2.05, 4.69) is 10.6 Å².